The highest BCUT2D eigenvalue weighted by atomic mass is 35.5. The second-order valence-electron chi connectivity index (χ2n) is 4.68. The first-order valence-electron chi connectivity index (χ1n) is 5.34. The molecular formula is C11H14Cl2N2O3S. The minimum atomic E-state index is -3.29. The summed E-state index contributed by atoms with van der Waals surface area (Å²) in [5, 5.41) is 2.78. The highest BCUT2D eigenvalue weighted by molar-refractivity contribution is 7.92. The molecule has 0 radical (unpaired) electrons. The number of hydrogen-bond acceptors (Lipinski definition) is 4. The molecule has 1 heterocycles. The van der Waals surface area contributed by atoms with E-state index in [-0.39, 0.29) is 22.4 Å². The lowest BCUT2D eigenvalue weighted by Gasteiger charge is -2.22. The van der Waals surface area contributed by atoms with Gasteiger partial charge in [-0.1, -0.05) is 23.2 Å². The van der Waals surface area contributed by atoms with Gasteiger partial charge in [0.2, 0.25) is 0 Å². The van der Waals surface area contributed by atoms with Gasteiger partial charge in [0.1, 0.15) is 10.8 Å². The van der Waals surface area contributed by atoms with E-state index in [1.165, 1.54) is 26.0 Å². The van der Waals surface area contributed by atoms with Gasteiger partial charge in [-0.15, -0.1) is 0 Å². The summed E-state index contributed by atoms with van der Waals surface area (Å²) in [6.45, 7) is 3.00. The van der Waals surface area contributed by atoms with Crippen molar-refractivity contribution >= 4 is 38.9 Å². The molecule has 0 atom stereocenters. The van der Waals surface area contributed by atoms with Gasteiger partial charge in [0.15, 0.2) is 9.84 Å². The highest BCUT2D eigenvalue weighted by Crippen LogP contribution is 2.18. The van der Waals surface area contributed by atoms with Crippen molar-refractivity contribution in [2.24, 2.45) is 0 Å². The Labute approximate surface area is 122 Å². The predicted octanol–water partition coefficient (Wildman–Crippen LogP) is 1.94. The zero-order valence-electron chi connectivity index (χ0n) is 10.7. The molecule has 5 nitrogen and oxygen atoms in total. The van der Waals surface area contributed by atoms with Crippen LogP contribution in [-0.2, 0) is 9.84 Å². The Morgan fingerprint density at radius 3 is 2.47 bits per heavy atom. The molecule has 1 rings (SSSR count). The van der Waals surface area contributed by atoms with Crippen LogP contribution in [-0.4, -0.2) is 36.9 Å². The number of hydrogen-bond donors (Lipinski definition) is 1. The summed E-state index contributed by atoms with van der Waals surface area (Å²) in [4.78, 5) is 15.7. The maximum Gasteiger partial charge on any atom is 0.271 e. The van der Waals surface area contributed by atoms with Gasteiger partial charge in [-0.05, 0) is 26.0 Å². The van der Waals surface area contributed by atoms with Crippen LogP contribution in [0.25, 0.3) is 0 Å². The summed E-state index contributed by atoms with van der Waals surface area (Å²) in [6.07, 6.45) is 1.11. The fourth-order valence-electron chi connectivity index (χ4n) is 1.09. The van der Waals surface area contributed by atoms with Crippen molar-refractivity contribution in [3.8, 4) is 0 Å². The van der Waals surface area contributed by atoms with Gasteiger partial charge in [-0.25, -0.2) is 13.4 Å². The lowest BCUT2D eigenvalue weighted by molar-refractivity contribution is 0.0945. The molecule has 106 valence electrons. The van der Waals surface area contributed by atoms with Crippen molar-refractivity contribution in [1.29, 1.82) is 0 Å². The molecule has 0 aliphatic heterocycles. The zero-order chi connectivity index (χ0) is 14.8. The van der Waals surface area contributed by atoms with Crippen LogP contribution in [0.2, 0.25) is 10.2 Å². The van der Waals surface area contributed by atoms with Crippen molar-refractivity contribution in [2.75, 3.05) is 12.8 Å². The number of rotatable bonds is 4. The minimum Gasteiger partial charge on any atom is -0.349 e. The number of pyridine rings is 1. The maximum atomic E-state index is 11.9. The number of amides is 1. The SMILES string of the molecule is CC(C)(CNC(=O)c1nc(Cl)ccc1Cl)S(C)(=O)=O. The Balaban J connectivity index is 2.85. The average molecular weight is 325 g/mol. The van der Waals surface area contributed by atoms with E-state index in [1.807, 2.05) is 0 Å². The van der Waals surface area contributed by atoms with Crippen molar-refractivity contribution in [3.05, 3.63) is 28.0 Å². The summed E-state index contributed by atoms with van der Waals surface area (Å²) < 4.78 is 21.9. The van der Waals surface area contributed by atoms with Crippen LogP contribution in [0.5, 0.6) is 0 Å². The largest absolute Gasteiger partial charge is 0.349 e. The van der Waals surface area contributed by atoms with Crippen molar-refractivity contribution in [1.82, 2.24) is 10.3 Å². The molecule has 1 N–H and O–H groups in total. The summed E-state index contributed by atoms with van der Waals surface area (Å²) in [7, 11) is -3.29. The molecule has 0 spiro atoms. The van der Waals surface area contributed by atoms with E-state index in [2.05, 4.69) is 10.3 Å². The van der Waals surface area contributed by atoms with Crippen LogP contribution in [0.1, 0.15) is 24.3 Å². The first-order valence-corrected chi connectivity index (χ1v) is 7.99. The molecule has 0 aliphatic carbocycles. The number of nitrogens with zero attached hydrogens (tertiary/aromatic N) is 1. The molecule has 1 aromatic heterocycles. The molecular weight excluding hydrogens is 311 g/mol. The van der Waals surface area contributed by atoms with E-state index in [0.29, 0.717) is 0 Å². The quantitative estimate of drug-likeness (QED) is 0.859. The number of carbonyl (C=O) groups excluding carboxylic acids is 1. The second kappa shape index (κ2) is 5.64. The topological polar surface area (TPSA) is 76.1 Å². The van der Waals surface area contributed by atoms with Crippen LogP contribution in [0.3, 0.4) is 0 Å². The van der Waals surface area contributed by atoms with Crippen molar-refractivity contribution in [2.45, 2.75) is 18.6 Å². The van der Waals surface area contributed by atoms with E-state index in [0.717, 1.165) is 6.26 Å². The first-order chi connectivity index (χ1) is 8.54. The third-order valence-corrected chi connectivity index (χ3v) is 5.37. The lowest BCUT2D eigenvalue weighted by atomic mass is 10.2. The number of sulfone groups is 1. The van der Waals surface area contributed by atoms with E-state index >= 15 is 0 Å². The molecule has 1 amide bonds. The van der Waals surface area contributed by atoms with Gasteiger partial charge in [0.05, 0.1) is 9.77 Å². The van der Waals surface area contributed by atoms with Gasteiger partial charge in [0, 0.05) is 12.8 Å². The molecule has 0 aromatic carbocycles. The molecule has 0 saturated heterocycles. The Hall–Kier alpha value is -0.850. The summed E-state index contributed by atoms with van der Waals surface area (Å²) >= 11 is 11.5. The van der Waals surface area contributed by atoms with Crippen LogP contribution >= 0.6 is 23.2 Å². The molecule has 0 bridgehead atoms. The first kappa shape index (κ1) is 16.2. The number of nitrogens with one attached hydrogen (secondary N) is 1. The smallest absolute Gasteiger partial charge is 0.271 e. The monoisotopic (exact) mass is 324 g/mol. The normalized spacial score (nSPS) is 12.3. The number of aromatic nitrogens is 1. The fraction of sp³-hybridized carbons (Fsp3) is 0.455. The molecule has 0 aliphatic rings. The molecule has 1 aromatic rings. The van der Waals surface area contributed by atoms with Gasteiger partial charge < -0.3 is 5.32 Å². The third-order valence-electron chi connectivity index (χ3n) is 2.71. The van der Waals surface area contributed by atoms with E-state index in [4.69, 9.17) is 23.2 Å². The van der Waals surface area contributed by atoms with Crippen LogP contribution in [0.4, 0.5) is 0 Å². The predicted molar refractivity (Wildman–Crippen MR) is 75.5 cm³/mol. The third kappa shape index (κ3) is 4.06. The maximum absolute atomic E-state index is 11.9. The second-order valence-corrected chi connectivity index (χ2v) is 8.12. The molecule has 0 unspecified atom stereocenters. The summed E-state index contributed by atoms with van der Waals surface area (Å²) in [5.74, 6) is -0.566. The lowest BCUT2D eigenvalue weighted by Crippen LogP contribution is -2.44. The molecule has 0 fully saturated rings. The Morgan fingerprint density at radius 1 is 1.37 bits per heavy atom. The van der Waals surface area contributed by atoms with E-state index < -0.39 is 20.5 Å². The van der Waals surface area contributed by atoms with Crippen molar-refractivity contribution in [3.63, 3.8) is 0 Å². The fourth-order valence-corrected chi connectivity index (χ4v) is 1.76. The molecule has 8 heteroatoms. The Morgan fingerprint density at radius 2 is 1.95 bits per heavy atom. The van der Waals surface area contributed by atoms with Crippen LogP contribution in [0, 0.1) is 0 Å². The average Bonchev–Trinajstić information content (AvgIpc) is 2.28. The van der Waals surface area contributed by atoms with Crippen LogP contribution < -0.4 is 5.32 Å². The Bertz CT molecular complexity index is 600. The minimum absolute atomic E-state index is 0.0292. The molecule has 19 heavy (non-hydrogen) atoms. The summed E-state index contributed by atoms with van der Waals surface area (Å²) in [6, 6.07) is 2.91. The Kier molecular flexibility index (Phi) is 4.81. The van der Waals surface area contributed by atoms with Gasteiger partial charge in [-0.3, -0.25) is 4.79 Å². The standard InChI is InChI=1S/C11H14Cl2N2O3S/c1-11(2,19(3,17)18)6-14-10(16)9-7(12)4-5-8(13)15-9/h4-5H,6H2,1-3H3,(H,14,16). The van der Waals surface area contributed by atoms with Gasteiger partial charge in [0.25, 0.3) is 5.91 Å². The zero-order valence-corrected chi connectivity index (χ0v) is 13.0. The number of carbonyl (C=O) groups is 1. The highest BCUT2D eigenvalue weighted by Gasteiger charge is 2.31. The van der Waals surface area contributed by atoms with E-state index in [1.54, 1.807) is 0 Å². The summed E-state index contributed by atoms with van der Waals surface area (Å²) in [5.41, 5.74) is -0.0292. The van der Waals surface area contributed by atoms with Crippen LogP contribution in [0.15, 0.2) is 12.1 Å². The van der Waals surface area contributed by atoms with E-state index in [9.17, 15) is 13.2 Å². The molecule has 0 saturated carbocycles. The van der Waals surface area contributed by atoms with Crippen molar-refractivity contribution < 1.29 is 13.2 Å². The van der Waals surface area contributed by atoms with Gasteiger partial charge in [-0.2, -0.15) is 0 Å². The number of halogens is 2. The van der Waals surface area contributed by atoms with Gasteiger partial charge >= 0.3 is 0 Å².